The molecule has 1 amide bonds. The largest absolute Gasteiger partial charge is 0.462 e. The van der Waals surface area contributed by atoms with Gasteiger partial charge in [-0.15, -0.1) is 0 Å². The van der Waals surface area contributed by atoms with Gasteiger partial charge < -0.3 is 20.3 Å². The fraction of sp³-hybridized carbons (Fsp3) is 0.815. The van der Waals surface area contributed by atoms with Gasteiger partial charge in [0.1, 0.15) is 6.10 Å². The number of hydrogen-bond donors (Lipinski definition) is 3. The van der Waals surface area contributed by atoms with Crippen LogP contribution in [0.25, 0.3) is 0 Å². The summed E-state index contributed by atoms with van der Waals surface area (Å²) >= 11 is 0. The van der Waals surface area contributed by atoms with Crippen LogP contribution in [0.5, 0.6) is 0 Å². The summed E-state index contributed by atoms with van der Waals surface area (Å²) in [5, 5.41) is 23.8. The molecule has 0 spiro atoms. The second-order valence-corrected chi connectivity index (χ2v) is 17.6. The van der Waals surface area contributed by atoms with E-state index >= 15 is 0 Å². The highest BCUT2D eigenvalue weighted by Gasteiger charge is 2.24. The van der Waals surface area contributed by atoms with Gasteiger partial charge in [0, 0.05) is 6.42 Å². The maximum absolute atomic E-state index is 13.2. The average Bonchev–Trinajstić information content (AvgIpc) is 3.24. The summed E-state index contributed by atoms with van der Waals surface area (Å²) in [6.45, 7) is 6.35. The van der Waals surface area contributed by atoms with Crippen molar-refractivity contribution in [2.75, 3.05) is 6.61 Å². The van der Waals surface area contributed by atoms with E-state index < -0.39 is 18.2 Å². The summed E-state index contributed by atoms with van der Waals surface area (Å²) in [7, 11) is 0. The Bertz CT molecular complexity index is 1040. The van der Waals surface area contributed by atoms with E-state index in [0.29, 0.717) is 19.3 Å². The van der Waals surface area contributed by atoms with Gasteiger partial charge in [-0.1, -0.05) is 223 Å². The highest BCUT2D eigenvalue weighted by Crippen LogP contribution is 2.18. The standard InChI is InChI=1S/C54H99NO5/c1-4-7-10-13-16-19-22-25-26-29-30-33-36-39-42-45-50(60-54(59)47-44-41-38-35-32-28-24-21-18-15-12-9-6-3)48-53(58)55-51(49-56)52(57)46-43-40-37-34-31-27-23-20-17-14-11-8-5-2/h9,12,15,18,21,24-26,50-52,56-57H,4-8,10-11,13-14,16-17,19-20,22-23,27-49H2,1-3H3,(H,55,58)/b12-9+,18-15+,24-21-,26-25+. The number of carbonyl (C=O) groups is 2. The molecule has 6 heteroatoms. The Labute approximate surface area is 372 Å². The Kier molecular flexibility index (Phi) is 46.1. The van der Waals surface area contributed by atoms with Crippen LogP contribution in [0.2, 0.25) is 0 Å². The van der Waals surface area contributed by atoms with Gasteiger partial charge in [-0.2, -0.15) is 0 Å². The molecule has 3 atom stereocenters. The van der Waals surface area contributed by atoms with E-state index in [9.17, 15) is 19.8 Å². The smallest absolute Gasteiger partial charge is 0.306 e. The van der Waals surface area contributed by atoms with Crippen LogP contribution in [-0.2, 0) is 14.3 Å². The molecule has 0 aliphatic heterocycles. The lowest BCUT2D eigenvalue weighted by atomic mass is 10.0. The number of carbonyl (C=O) groups excluding carboxylic acids is 2. The Morgan fingerprint density at radius 1 is 0.500 bits per heavy atom. The first kappa shape index (κ1) is 57.8. The van der Waals surface area contributed by atoms with Crippen LogP contribution in [0.3, 0.4) is 0 Å². The van der Waals surface area contributed by atoms with E-state index in [1.807, 2.05) is 0 Å². The van der Waals surface area contributed by atoms with Crippen LogP contribution in [0.15, 0.2) is 48.6 Å². The number of nitrogens with one attached hydrogen (secondary N) is 1. The normalized spacial score (nSPS) is 13.6. The van der Waals surface area contributed by atoms with Crippen LogP contribution >= 0.6 is 0 Å². The first-order valence-corrected chi connectivity index (χ1v) is 25.9. The van der Waals surface area contributed by atoms with Crippen LogP contribution in [0, 0.1) is 0 Å². The molecule has 0 bridgehead atoms. The lowest BCUT2D eigenvalue weighted by Crippen LogP contribution is -2.46. The third-order valence-corrected chi connectivity index (χ3v) is 11.7. The minimum atomic E-state index is -0.793. The number of amides is 1. The SMILES string of the molecule is CC/C=C/C=C/C=C\CCCCCCCC(=O)OC(CCCCCCC/C=C/CCCCCCCC)CC(=O)NC(CO)C(O)CCCCCCCCCCCCCCC. The number of hydrogen-bond acceptors (Lipinski definition) is 5. The van der Waals surface area contributed by atoms with Crippen molar-refractivity contribution in [1.29, 1.82) is 0 Å². The Hall–Kier alpha value is -2.18. The Morgan fingerprint density at radius 2 is 0.917 bits per heavy atom. The lowest BCUT2D eigenvalue weighted by molar-refractivity contribution is -0.151. The summed E-state index contributed by atoms with van der Waals surface area (Å²) in [6.07, 6.45) is 57.4. The molecule has 6 nitrogen and oxygen atoms in total. The monoisotopic (exact) mass is 842 g/mol. The third kappa shape index (κ3) is 42.5. The van der Waals surface area contributed by atoms with Gasteiger partial charge in [0.15, 0.2) is 0 Å². The van der Waals surface area contributed by atoms with Crippen LogP contribution < -0.4 is 5.32 Å². The molecule has 0 radical (unpaired) electrons. The van der Waals surface area contributed by atoms with E-state index in [2.05, 4.69) is 74.7 Å². The zero-order chi connectivity index (χ0) is 43.8. The molecular weight excluding hydrogens is 743 g/mol. The predicted octanol–water partition coefficient (Wildman–Crippen LogP) is 15.5. The van der Waals surface area contributed by atoms with Crippen molar-refractivity contribution < 1.29 is 24.5 Å². The van der Waals surface area contributed by atoms with Crippen LogP contribution in [0.1, 0.15) is 258 Å². The van der Waals surface area contributed by atoms with Gasteiger partial charge in [-0.3, -0.25) is 9.59 Å². The molecule has 0 fully saturated rings. The number of esters is 1. The second kappa shape index (κ2) is 47.9. The molecule has 0 heterocycles. The Balaban J connectivity index is 4.61. The summed E-state index contributed by atoms with van der Waals surface area (Å²) in [4.78, 5) is 26.1. The minimum Gasteiger partial charge on any atom is -0.462 e. The van der Waals surface area contributed by atoms with Gasteiger partial charge in [0.05, 0.1) is 25.2 Å². The first-order chi connectivity index (χ1) is 29.5. The van der Waals surface area contributed by atoms with Crippen molar-refractivity contribution in [3.8, 4) is 0 Å². The van der Waals surface area contributed by atoms with Crippen LogP contribution in [-0.4, -0.2) is 46.9 Å². The predicted molar refractivity (Wildman–Crippen MR) is 259 cm³/mol. The van der Waals surface area contributed by atoms with Crippen molar-refractivity contribution in [3.05, 3.63) is 48.6 Å². The maximum atomic E-state index is 13.2. The molecule has 3 unspecified atom stereocenters. The van der Waals surface area contributed by atoms with E-state index in [0.717, 1.165) is 89.9 Å². The van der Waals surface area contributed by atoms with E-state index in [4.69, 9.17) is 4.74 Å². The van der Waals surface area contributed by atoms with Crippen LogP contribution in [0.4, 0.5) is 0 Å². The number of aliphatic hydroxyl groups excluding tert-OH is 2. The number of ether oxygens (including phenoxy) is 1. The van der Waals surface area contributed by atoms with Crippen molar-refractivity contribution in [2.45, 2.75) is 277 Å². The van der Waals surface area contributed by atoms with Crippen molar-refractivity contribution in [1.82, 2.24) is 5.32 Å². The topological polar surface area (TPSA) is 95.9 Å². The minimum absolute atomic E-state index is 0.0642. The maximum Gasteiger partial charge on any atom is 0.306 e. The number of unbranched alkanes of at least 4 members (excludes halogenated alkanes) is 28. The molecule has 0 aliphatic carbocycles. The molecule has 0 aromatic heterocycles. The number of rotatable bonds is 46. The van der Waals surface area contributed by atoms with Gasteiger partial charge in [0.25, 0.3) is 0 Å². The zero-order valence-electron chi connectivity index (χ0n) is 39.8. The lowest BCUT2D eigenvalue weighted by Gasteiger charge is -2.24. The molecule has 0 aliphatic rings. The van der Waals surface area contributed by atoms with Crippen molar-refractivity contribution >= 4 is 11.9 Å². The summed E-state index contributed by atoms with van der Waals surface area (Å²) in [5.41, 5.74) is 0. The highest BCUT2D eigenvalue weighted by atomic mass is 16.5. The van der Waals surface area contributed by atoms with Gasteiger partial charge >= 0.3 is 5.97 Å². The number of aliphatic hydroxyl groups is 2. The fourth-order valence-corrected chi connectivity index (χ4v) is 7.78. The Morgan fingerprint density at radius 3 is 1.40 bits per heavy atom. The molecule has 60 heavy (non-hydrogen) atoms. The zero-order valence-corrected chi connectivity index (χ0v) is 39.8. The quantitative estimate of drug-likeness (QED) is 0.0246. The summed E-state index contributed by atoms with van der Waals surface area (Å²) in [5.74, 6) is -0.500. The average molecular weight is 842 g/mol. The molecule has 0 saturated heterocycles. The summed E-state index contributed by atoms with van der Waals surface area (Å²) < 4.78 is 5.92. The second-order valence-electron chi connectivity index (χ2n) is 17.6. The highest BCUT2D eigenvalue weighted by molar-refractivity contribution is 5.77. The van der Waals surface area contributed by atoms with E-state index in [1.54, 1.807) is 0 Å². The van der Waals surface area contributed by atoms with Gasteiger partial charge in [0.2, 0.25) is 5.91 Å². The van der Waals surface area contributed by atoms with Gasteiger partial charge in [-0.05, 0) is 70.6 Å². The van der Waals surface area contributed by atoms with Crippen molar-refractivity contribution in [2.24, 2.45) is 0 Å². The molecule has 0 aromatic carbocycles. The molecule has 350 valence electrons. The molecule has 0 saturated carbocycles. The molecule has 0 aromatic rings. The van der Waals surface area contributed by atoms with E-state index in [-0.39, 0.29) is 24.9 Å². The molecule has 0 rings (SSSR count). The summed E-state index contributed by atoms with van der Waals surface area (Å²) in [6, 6.07) is -0.707. The fourth-order valence-electron chi connectivity index (χ4n) is 7.78. The van der Waals surface area contributed by atoms with E-state index in [1.165, 1.54) is 122 Å². The van der Waals surface area contributed by atoms with Crippen molar-refractivity contribution in [3.63, 3.8) is 0 Å². The third-order valence-electron chi connectivity index (χ3n) is 11.7. The van der Waals surface area contributed by atoms with Gasteiger partial charge in [-0.25, -0.2) is 0 Å². The first-order valence-electron chi connectivity index (χ1n) is 25.9. The molecular formula is C54H99NO5. The number of allylic oxidation sites excluding steroid dienone is 8. The molecule has 3 N–H and O–H groups in total.